The summed E-state index contributed by atoms with van der Waals surface area (Å²) in [6.45, 7) is 0.527. The Balaban J connectivity index is 2.03. The summed E-state index contributed by atoms with van der Waals surface area (Å²) < 4.78 is 17.0. The van der Waals surface area contributed by atoms with Gasteiger partial charge in [0, 0.05) is 16.7 Å². The van der Waals surface area contributed by atoms with Gasteiger partial charge in [-0.05, 0) is 54.2 Å². The zero-order chi connectivity index (χ0) is 17.5. The molecule has 0 saturated carbocycles. The molecule has 0 aliphatic carbocycles. The monoisotopic (exact) mass is 410 g/mol. The summed E-state index contributed by atoms with van der Waals surface area (Å²) in [4.78, 5) is 0. The minimum Gasteiger partial charge on any atom is -0.493 e. The van der Waals surface area contributed by atoms with Gasteiger partial charge in [-0.25, -0.2) is 0 Å². The van der Waals surface area contributed by atoms with E-state index in [9.17, 15) is 0 Å². The molecule has 5 nitrogen and oxygen atoms in total. The van der Waals surface area contributed by atoms with Gasteiger partial charge in [0.05, 0.1) is 21.3 Å². The van der Waals surface area contributed by atoms with E-state index in [1.807, 2.05) is 36.4 Å². The largest absolute Gasteiger partial charge is 0.493 e. The predicted molar refractivity (Wildman–Crippen MR) is 103 cm³/mol. The zero-order valence-corrected chi connectivity index (χ0v) is 16.1. The van der Waals surface area contributed by atoms with Crippen LogP contribution in [-0.4, -0.2) is 26.4 Å². The van der Waals surface area contributed by atoms with Crippen molar-refractivity contribution >= 4 is 38.9 Å². The van der Waals surface area contributed by atoms with Crippen LogP contribution in [0, 0.1) is 0 Å². The number of anilines is 1. The third-order valence-corrected chi connectivity index (χ3v) is 4.05. The molecule has 0 aliphatic rings. The molecule has 24 heavy (non-hydrogen) atoms. The van der Waals surface area contributed by atoms with Crippen LogP contribution in [0.25, 0.3) is 0 Å². The standard InChI is InChI=1S/C17H19BrN2O3S/c1-21-14-8-11(9-15(22-2)16(14)23-3)10-19-17(24)20-13-6-4-12(18)5-7-13/h4-9H,10H2,1-3H3,(H2,19,20,24). The number of hydrogen-bond acceptors (Lipinski definition) is 4. The quantitative estimate of drug-likeness (QED) is 0.702. The Morgan fingerprint density at radius 3 is 2.08 bits per heavy atom. The fraction of sp³-hybridized carbons (Fsp3) is 0.235. The van der Waals surface area contributed by atoms with Crippen LogP contribution in [0.5, 0.6) is 17.2 Å². The number of nitrogens with one attached hydrogen (secondary N) is 2. The van der Waals surface area contributed by atoms with Crippen LogP contribution in [0.2, 0.25) is 0 Å². The number of benzene rings is 2. The molecule has 2 N–H and O–H groups in total. The van der Waals surface area contributed by atoms with Crippen molar-refractivity contribution in [3.8, 4) is 17.2 Å². The number of halogens is 1. The topological polar surface area (TPSA) is 51.8 Å². The van der Waals surface area contributed by atoms with E-state index in [-0.39, 0.29) is 0 Å². The van der Waals surface area contributed by atoms with Crippen LogP contribution in [0.3, 0.4) is 0 Å². The van der Waals surface area contributed by atoms with Gasteiger partial charge in [-0.1, -0.05) is 15.9 Å². The molecule has 0 aromatic heterocycles. The lowest BCUT2D eigenvalue weighted by atomic mass is 10.2. The number of ether oxygens (including phenoxy) is 3. The second-order valence-corrected chi connectivity index (χ2v) is 6.17. The third-order valence-electron chi connectivity index (χ3n) is 3.28. The van der Waals surface area contributed by atoms with E-state index in [4.69, 9.17) is 26.4 Å². The molecule has 2 aromatic carbocycles. The van der Waals surface area contributed by atoms with Crippen molar-refractivity contribution in [2.24, 2.45) is 0 Å². The Bertz CT molecular complexity index is 682. The SMILES string of the molecule is COc1cc(CNC(=S)Nc2ccc(Br)cc2)cc(OC)c1OC. The number of rotatable bonds is 6. The highest BCUT2D eigenvalue weighted by Crippen LogP contribution is 2.38. The van der Waals surface area contributed by atoms with Gasteiger partial charge in [-0.15, -0.1) is 0 Å². The molecule has 0 heterocycles. The van der Waals surface area contributed by atoms with Crippen molar-refractivity contribution < 1.29 is 14.2 Å². The Morgan fingerprint density at radius 1 is 1.00 bits per heavy atom. The van der Waals surface area contributed by atoms with E-state index in [0.29, 0.717) is 28.9 Å². The van der Waals surface area contributed by atoms with Gasteiger partial charge in [-0.2, -0.15) is 0 Å². The molecule has 2 aromatic rings. The summed E-state index contributed by atoms with van der Waals surface area (Å²) in [7, 11) is 4.76. The summed E-state index contributed by atoms with van der Waals surface area (Å²) >= 11 is 8.72. The highest BCUT2D eigenvalue weighted by atomic mass is 79.9. The number of methoxy groups -OCH3 is 3. The molecule has 0 aliphatic heterocycles. The van der Waals surface area contributed by atoms with Crippen molar-refractivity contribution in [3.63, 3.8) is 0 Å². The highest BCUT2D eigenvalue weighted by Gasteiger charge is 2.13. The first kappa shape index (κ1) is 18.4. The summed E-state index contributed by atoms with van der Waals surface area (Å²) in [5.74, 6) is 1.79. The Labute approximate surface area is 155 Å². The van der Waals surface area contributed by atoms with Gasteiger partial charge in [0.15, 0.2) is 16.6 Å². The summed E-state index contributed by atoms with van der Waals surface area (Å²) in [5, 5.41) is 6.82. The molecule has 0 atom stereocenters. The number of thiocarbonyl (C=S) groups is 1. The van der Waals surface area contributed by atoms with Crippen molar-refractivity contribution in [2.75, 3.05) is 26.6 Å². The maximum Gasteiger partial charge on any atom is 0.203 e. The van der Waals surface area contributed by atoms with E-state index in [2.05, 4.69) is 26.6 Å². The third kappa shape index (κ3) is 4.75. The molecule has 0 bridgehead atoms. The number of hydrogen-bond donors (Lipinski definition) is 2. The molecular weight excluding hydrogens is 392 g/mol. The summed E-state index contributed by atoms with van der Waals surface area (Å²) in [5.41, 5.74) is 1.88. The van der Waals surface area contributed by atoms with E-state index < -0.39 is 0 Å². The molecule has 0 unspecified atom stereocenters. The molecule has 7 heteroatoms. The van der Waals surface area contributed by atoms with Crippen LogP contribution < -0.4 is 24.8 Å². The minimum absolute atomic E-state index is 0.527. The zero-order valence-electron chi connectivity index (χ0n) is 13.7. The van der Waals surface area contributed by atoms with Gasteiger partial charge in [0.2, 0.25) is 5.75 Å². The fourth-order valence-corrected chi connectivity index (χ4v) is 2.58. The van der Waals surface area contributed by atoms with Gasteiger partial charge in [-0.3, -0.25) is 0 Å². The molecule has 0 fully saturated rings. The highest BCUT2D eigenvalue weighted by molar-refractivity contribution is 9.10. The smallest absolute Gasteiger partial charge is 0.203 e. The first-order chi connectivity index (χ1) is 11.6. The van der Waals surface area contributed by atoms with Gasteiger partial charge in [0.1, 0.15) is 0 Å². The predicted octanol–water partition coefficient (Wildman–Crippen LogP) is 3.96. The average Bonchev–Trinajstić information content (AvgIpc) is 2.60. The van der Waals surface area contributed by atoms with Crippen LogP contribution in [-0.2, 0) is 6.54 Å². The maximum absolute atomic E-state index is 5.35. The van der Waals surface area contributed by atoms with Crippen LogP contribution in [0.4, 0.5) is 5.69 Å². The van der Waals surface area contributed by atoms with Crippen LogP contribution in [0.1, 0.15) is 5.56 Å². The normalized spacial score (nSPS) is 10.0. The Morgan fingerprint density at radius 2 is 1.58 bits per heavy atom. The van der Waals surface area contributed by atoms with E-state index in [0.717, 1.165) is 15.7 Å². The lowest BCUT2D eigenvalue weighted by Gasteiger charge is -2.15. The average molecular weight is 411 g/mol. The van der Waals surface area contributed by atoms with Crippen molar-refractivity contribution in [2.45, 2.75) is 6.54 Å². The fourth-order valence-electron chi connectivity index (χ4n) is 2.13. The second-order valence-electron chi connectivity index (χ2n) is 4.85. The van der Waals surface area contributed by atoms with Gasteiger partial charge < -0.3 is 24.8 Å². The van der Waals surface area contributed by atoms with E-state index in [1.165, 1.54) is 0 Å². The van der Waals surface area contributed by atoms with Crippen molar-refractivity contribution in [3.05, 3.63) is 46.4 Å². The van der Waals surface area contributed by atoms with Crippen LogP contribution >= 0.6 is 28.1 Å². The molecule has 0 saturated heterocycles. The molecule has 0 spiro atoms. The first-order valence-corrected chi connectivity index (χ1v) is 8.36. The minimum atomic E-state index is 0.527. The molecule has 0 amide bonds. The van der Waals surface area contributed by atoms with E-state index >= 15 is 0 Å². The van der Waals surface area contributed by atoms with Gasteiger partial charge in [0.25, 0.3) is 0 Å². The van der Waals surface area contributed by atoms with Crippen molar-refractivity contribution in [1.29, 1.82) is 0 Å². The van der Waals surface area contributed by atoms with Gasteiger partial charge >= 0.3 is 0 Å². The lowest BCUT2D eigenvalue weighted by Crippen LogP contribution is -2.27. The second kappa shape index (κ2) is 8.75. The first-order valence-electron chi connectivity index (χ1n) is 7.16. The molecule has 128 valence electrons. The van der Waals surface area contributed by atoms with Crippen LogP contribution in [0.15, 0.2) is 40.9 Å². The maximum atomic E-state index is 5.35. The molecule has 0 radical (unpaired) electrons. The van der Waals surface area contributed by atoms with Crippen molar-refractivity contribution in [1.82, 2.24) is 5.32 Å². The molecular formula is C17H19BrN2O3S. The molecule has 2 rings (SSSR count). The Hall–Kier alpha value is -1.99. The summed E-state index contributed by atoms with van der Waals surface area (Å²) in [6.07, 6.45) is 0. The summed E-state index contributed by atoms with van der Waals surface area (Å²) in [6, 6.07) is 11.6. The lowest BCUT2D eigenvalue weighted by molar-refractivity contribution is 0.323. The Kier molecular flexibility index (Phi) is 6.69. The van der Waals surface area contributed by atoms with E-state index in [1.54, 1.807) is 21.3 Å².